The van der Waals surface area contributed by atoms with Gasteiger partial charge in [0.2, 0.25) is 0 Å². The standard InChI is InChI=1S/C17H13FO2/c18-14-8-4-7-13(11-14)15-9-10-16(20-17(15)19)12-5-2-1-3-6-12/h1-9,11,16H,10H2. The normalized spacial score (nSPS) is 18.4. The van der Waals surface area contributed by atoms with Crippen LogP contribution in [0, 0.1) is 5.82 Å². The molecule has 3 heteroatoms. The molecular formula is C17H13FO2. The van der Waals surface area contributed by atoms with Crippen molar-refractivity contribution in [2.24, 2.45) is 0 Å². The highest BCUT2D eigenvalue weighted by molar-refractivity contribution is 6.17. The molecule has 0 aromatic heterocycles. The monoisotopic (exact) mass is 268 g/mol. The Hall–Kier alpha value is -2.42. The first-order chi connectivity index (χ1) is 9.74. The molecule has 0 saturated carbocycles. The molecule has 1 unspecified atom stereocenters. The third kappa shape index (κ3) is 2.48. The van der Waals surface area contributed by atoms with Gasteiger partial charge in [0.05, 0.1) is 5.57 Å². The quantitative estimate of drug-likeness (QED) is 0.772. The van der Waals surface area contributed by atoms with E-state index in [4.69, 9.17) is 4.74 Å². The molecule has 0 amide bonds. The van der Waals surface area contributed by atoms with E-state index in [2.05, 4.69) is 0 Å². The molecule has 2 nitrogen and oxygen atoms in total. The third-order valence-corrected chi connectivity index (χ3v) is 3.31. The van der Waals surface area contributed by atoms with Gasteiger partial charge in [-0.1, -0.05) is 48.5 Å². The first kappa shape index (κ1) is 12.6. The van der Waals surface area contributed by atoms with Gasteiger partial charge in [0.1, 0.15) is 11.9 Å². The summed E-state index contributed by atoms with van der Waals surface area (Å²) in [6, 6.07) is 15.6. The number of esters is 1. The van der Waals surface area contributed by atoms with Gasteiger partial charge in [0.15, 0.2) is 0 Å². The number of benzene rings is 2. The fraction of sp³-hybridized carbons (Fsp3) is 0.118. The van der Waals surface area contributed by atoms with Crippen molar-refractivity contribution in [3.63, 3.8) is 0 Å². The zero-order chi connectivity index (χ0) is 13.9. The minimum absolute atomic E-state index is 0.263. The van der Waals surface area contributed by atoms with Gasteiger partial charge in [-0.05, 0) is 23.3 Å². The summed E-state index contributed by atoms with van der Waals surface area (Å²) >= 11 is 0. The van der Waals surface area contributed by atoms with Crippen LogP contribution in [0.2, 0.25) is 0 Å². The molecule has 20 heavy (non-hydrogen) atoms. The predicted molar refractivity (Wildman–Crippen MR) is 74.3 cm³/mol. The average Bonchev–Trinajstić information content (AvgIpc) is 2.48. The van der Waals surface area contributed by atoms with Crippen molar-refractivity contribution in [1.82, 2.24) is 0 Å². The van der Waals surface area contributed by atoms with E-state index in [0.29, 0.717) is 17.6 Å². The summed E-state index contributed by atoms with van der Waals surface area (Å²) in [6.45, 7) is 0. The van der Waals surface area contributed by atoms with Crippen LogP contribution >= 0.6 is 0 Å². The Labute approximate surface area is 116 Å². The van der Waals surface area contributed by atoms with Crippen molar-refractivity contribution in [2.75, 3.05) is 0 Å². The number of hydrogen-bond donors (Lipinski definition) is 0. The molecule has 1 aliphatic rings. The maximum atomic E-state index is 13.2. The minimum Gasteiger partial charge on any atom is -0.454 e. The van der Waals surface area contributed by atoms with Gasteiger partial charge in [-0.2, -0.15) is 0 Å². The molecule has 0 spiro atoms. The summed E-state index contributed by atoms with van der Waals surface area (Å²) in [5, 5.41) is 0. The smallest absolute Gasteiger partial charge is 0.339 e. The van der Waals surface area contributed by atoms with E-state index in [1.54, 1.807) is 12.1 Å². The highest BCUT2D eigenvalue weighted by Crippen LogP contribution is 2.31. The van der Waals surface area contributed by atoms with Crippen molar-refractivity contribution in [3.8, 4) is 0 Å². The van der Waals surface area contributed by atoms with E-state index in [-0.39, 0.29) is 11.9 Å². The highest BCUT2D eigenvalue weighted by Gasteiger charge is 2.25. The van der Waals surface area contributed by atoms with Gasteiger partial charge < -0.3 is 4.74 Å². The Morgan fingerprint density at radius 1 is 1.05 bits per heavy atom. The summed E-state index contributed by atoms with van der Waals surface area (Å²) in [6.07, 6.45) is 2.15. The fourth-order valence-corrected chi connectivity index (χ4v) is 2.31. The van der Waals surface area contributed by atoms with Crippen LogP contribution < -0.4 is 0 Å². The van der Waals surface area contributed by atoms with Gasteiger partial charge in [-0.25, -0.2) is 9.18 Å². The average molecular weight is 268 g/mol. The molecule has 0 radical (unpaired) electrons. The summed E-state index contributed by atoms with van der Waals surface area (Å²) in [7, 11) is 0. The number of carbonyl (C=O) groups excluding carboxylic acids is 1. The van der Waals surface area contributed by atoms with Gasteiger partial charge >= 0.3 is 5.97 Å². The number of halogens is 1. The molecule has 3 rings (SSSR count). The SMILES string of the molecule is O=C1OC(c2ccccc2)CC=C1c1cccc(F)c1. The third-order valence-electron chi connectivity index (χ3n) is 3.31. The van der Waals surface area contributed by atoms with Crippen LogP contribution in [0.4, 0.5) is 4.39 Å². The molecule has 0 bridgehead atoms. The maximum Gasteiger partial charge on any atom is 0.339 e. The lowest BCUT2D eigenvalue weighted by Gasteiger charge is -2.22. The zero-order valence-corrected chi connectivity index (χ0v) is 10.8. The maximum absolute atomic E-state index is 13.2. The first-order valence-electron chi connectivity index (χ1n) is 6.46. The lowest BCUT2D eigenvalue weighted by atomic mass is 9.98. The second-order valence-electron chi connectivity index (χ2n) is 4.67. The van der Waals surface area contributed by atoms with Crippen molar-refractivity contribution >= 4 is 11.5 Å². The molecule has 0 saturated heterocycles. The van der Waals surface area contributed by atoms with Crippen molar-refractivity contribution in [1.29, 1.82) is 0 Å². The Bertz CT molecular complexity index is 662. The van der Waals surface area contributed by atoms with E-state index < -0.39 is 5.97 Å². The Morgan fingerprint density at radius 2 is 1.85 bits per heavy atom. The molecule has 0 aliphatic carbocycles. The molecule has 2 aromatic carbocycles. The lowest BCUT2D eigenvalue weighted by molar-refractivity contribution is -0.143. The summed E-state index contributed by atoms with van der Waals surface area (Å²) in [4.78, 5) is 12.1. The fourth-order valence-electron chi connectivity index (χ4n) is 2.31. The Kier molecular flexibility index (Phi) is 3.33. The number of rotatable bonds is 2. The summed E-state index contributed by atoms with van der Waals surface area (Å²) < 4.78 is 18.7. The van der Waals surface area contributed by atoms with E-state index in [1.165, 1.54) is 12.1 Å². The molecule has 0 fully saturated rings. The van der Waals surface area contributed by atoms with E-state index in [0.717, 1.165) is 5.56 Å². The van der Waals surface area contributed by atoms with Crippen LogP contribution in [-0.4, -0.2) is 5.97 Å². The second-order valence-corrected chi connectivity index (χ2v) is 4.67. The first-order valence-corrected chi connectivity index (χ1v) is 6.46. The summed E-state index contributed by atoms with van der Waals surface area (Å²) in [5.41, 5.74) is 1.95. The van der Waals surface area contributed by atoms with Gasteiger partial charge in [0, 0.05) is 6.42 Å². The Balaban J connectivity index is 1.87. The Morgan fingerprint density at radius 3 is 2.55 bits per heavy atom. The molecule has 100 valence electrons. The van der Waals surface area contributed by atoms with Crippen LogP contribution in [0.25, 0.3) is 5.57 Å². The van der Waals surface area contributed by atoms with Crippen LogP contribution in [0.3, 0.4) is 0 Å². The molecule has 2 aromatic rings. The highest BCUT2D eigenvalue weighted by atomic mass is 19.1. The zero-order valence-electron chi connectivity index (χ0n) is 10.8. The van der Waals surface area contributed by atoms with Gasteiger partial charge in [0.25, 0.3) is 0 Å². The van der Waals surface area contributed by atoms with Crippen LogP contribution in [0.1, 0.15) is 23.7 Å². The van der Waals surface area contributed by atoms with Crippen LogP contribution in [0.5, 0.6) is 0 Å². The number of hydrogen-bond acceptors (Lipinski definition) is 2. The number of cyclic esters (lactones) is 1. The van der Waals surface area contributed by atoms with Crippen LogP contribution in [0.15, 0.2) is 60.7 Å². The summed E-state index contributed by atoms with van der Waals surface area (Å²) in [5.74, 6) is -0.767. The van der Waals surface area contributed by atoms with E-state index in [1.807, 2.05) is 36.4 Å². The molecule has 0 N–H and O–H groups in total. The van der Waals surface area contributed by atoms with Crippen molar-refractivity contribution in [3.05, 3.63) is 77.6 Å². The number of carbonyl (C=O) groups is 1. The van der Waals surface area contributed by atoms with E-state index in [9.17, 15) is 9.18 Å². The van der Waals surface area contributed by atoms with Gasteiger partial charge in [-0.3, -0.25) is 0 Å². The van der Waals surface area contributed by atoms with E-state index >= 15 is 0 Å². The number of ether oxygens (including phenoxy) is 1. The molecule has 1 heterocycles. The molecule has 1 atom stereocenters. The lowest BCUT2D eigenvalue weighted by Crippen LogP contribution is -2.17. The molecular weight excluding hydrogens is 255 g/mol. The minimum atomic E-state index is -0.407. The topological polar surface area (TPSA) is 26.3 Å². The molecule has 1 aliphatic heterocycles. The van der Waals surface area contributed by atoms with Crippen molar-refractivity contribution in [2.45, 2.75) is 12.5 Å². The largest absolute Gasteiger partial charge is 0.454 e. The van der Waals surface area contributed by atoms with Crippen LogP contribution in [-0.2, 0) is 9.53 Å². The second kappa shape index (κ2) is 5.29. The van der Waals surface area contributed by atoms with Gasteiger partial charge in [-0.15, -0.1) is 0 Å². The predicted octanol–water partition coefficient (Wildman–Crippen LogP) is 3.90. The van der Waals surface area contributed by atoms with Crippen molar-refractivity contribution < 1.29 is 13.9 Å².